The quantitative estimate of drug-likeness (QED) is 0.701. The summed E-state index contributed by atoms with van der Waals surface area (Å²) in [5.41, 5.74) is 0.658. The molecule has 0 heterocycles. The van der Waals surface area contributed by atoms with Crippen molar-refractivity contribution >= 4 is 20.8 Å². The lowest BCUT2D eigenvalue weighted by Crippen LogP contribution is -2.28. The molecule has 0 bridgehead atoms. The molecule has 0 saturated heterocycles. The van der Waals surface area contributed by atoms with Crippen molar-refractivity contribution < 1.29 is 21.6 Å². The van der Waals surface area contributed by atoms with Crippen molar-refractivity contribution in [2.75, 3.05) is 0 Å². The Balaban J connectivity index is 1.93. The second-order valence-electron chi connectivity index (χ2n) is 5.62. The molecule has 7 heteroatoms. The van der Waals surface area contributed by atoms with Gasteiger partial charge in [0.05, 0.1) is 0 Å². The van der Waals surface area contributed by atoms with Gasteiger partial charge < -0.3 is 0 Å². The highest BCUT2D eigenvalue weighted by atomic mass is 32.2. The van der Waals surface area contributed by atoms with Crippen LogP contribution in [0.25, 0.3) is 10.8 Å². The fourth-order valence-corrected chi connectivity index (χ4v) is 3.86. The predicted molar refractivity (Wildman–Crippen MR) is 89.0 cm³/mol. The van der Waals surface area contributed by atoms with Crippen LogP contribution in [-0.4, -0.2) is 8.42 Å². The van der Waals surface area contributed by atoms with Crippen LogP contribution in [0.1, 0.15) is 18.5 Å². The largest absolute Gasteiger partial charge is 0.244 e. The predicted octanol–water partition coefficient (Wildman–Crippen LogP) is 4.30. The van der Waals surface area contributed by atoms with Crippen LogP contribution < -0.4 is 4.72 Å². The zero-order valence-corrected chi connectivity index (χ0v) is 13.9. The monoisotopic (exact) mass is 365 g/mol. The van der Waals surface area contributed by atoms with Gasteiger partial charge >= 0.3 is 0 Å². The van der Waals surface area contributed by atoms with Crippen LogP contribution in [0.15, 0.2) is 59.5 Å². The van der Waals surface area contributed by atoms with E-state index in [-0.39, 0.29) is 0 Å². The lowest BCUT2D eigenvalue weighted by Gasteiger charge is -2.16. The molecular weight excluding hydrogens is 351 g/mol. The van der Waals surface area contributed by atoms with Gasteiger partial charge in [0.15, 0.2) is 17.5 Å². The van der Waals surface area contributed by atoms with E-state index in [1.54, 1.807) is 13.0 Å². The number of fused-ring (bicyclic) bond motifs is 1. The Hall–Kier alpha value is -2.38. The molecule has 0 aromatic heterocycles. The fraction of sp³-hybridized carbons (Fsp3) is 0.111. The molecule has 3 nitrogen and oxygen atoms in total. The molecule has 1 atom stereocenters. The van der Waals surface area contributed by atoms with Crippen molar-refractivity contribution in [3.63, 3.8) is 0 Å². The molecule has 3 rings (SSSR count). The van der Waals surface area contributed by atoms with Crippen LogP contribution >= 0.6 is 0 Å². The van der Waals surface area contributed by atoms with Crippen LogP contribution in [0.4, 0.5) is 13.2 Å². The lowest BCUT2D eigenvalue weighted by molar-refractivity contribution is 0.431. The Kier molecular flexibility index (Phi) is 4.53. The Morgan fingerprint density at radius 1 is 0.880 bits per heavy atom. The number of rotatable bonds is 4. The summed E-state index contributed by atoms with van der Waals surface area (Å²) in [6.45, 7) is 1.58. The van der Waals surface area contributed by atoms with Crippen LogP contribution in [0.5, 0.6) is 0 Å². The first-order valence-corrected chi connectivity index (χ1v) is 8.92. The first-order valence-electron chi connectivity index (χ1n) is 7.44. The van der Waals surface area contributed by atoms with E-state index in [1.165, 1.54) is 0 Å². The van der Waals surface area contributed by atoms with E-state index in [0.717, 1.165) is 10.8 Å². The molecule has 0 radical (unpaired) electrons. The van der Waals surface area contributed by atoms with Crippen LogP contribution in [0.3, 0.4) is 0 Å². The van der Waals surface area contributed by atoms with Gasteiger partial charge in [-0.3, -0.25) is 0 Å². The van der Waals surface area contributed by atoms with E-state index in [9.17, 15) is 21.6 Å². The average molecular weight is 365 g/mol. The third-order valence-corrected chi connectivity index (χ3v) is 5.45. The standard InChI is InChI=1S/C18H14F3NO2S/c1-11(13-7-6-12-4-2-3-5-14(12)10-13)22-25(23,24)16-9-8-15(19)17(20)18(16)21/h2-11,22H,1H3/t11-/m0/s1. The molecule has 0 amide bonds. The van der Waals surface area contributed by atoms with Gasteiger partial charge in [0.2, 0.25) is 10.0 Å². The molecule has 0 aliphatic rings. The zero-order valence-electron chi connectivity index (χ0n) is 13.1. The van der Waals surface area contributed by atoms with Crippen LogP contribution in [0.2, 0.25) is 0 Å². The smallest absolute Gasteiger partial charge is 0.207 e. The molecule has 1 N–H and O–H groups in total. The van der Waals surface area contributed by atoms with Gasteiger partial charge in [-0.2, -0.15) is 0 Å². The minimum Gasteiger partial charge on any atom is -0.207 e. The Bertz CT molecular complexity index is 1050. The van der Waals surface area contributed by atoms with E-state index in [2.05, 4.69) is 4.72 Å². The SMILES string of the molecule is C[C@H](NS(=O)(=O)c1ccc(F)c(F)c1F)c1ccc2ccccc2c1. The van der Waals surface area contributed by atoms with E-state index < -0.39 is 38.4 Å². The molecular formula is C18H14F3NO2S. The highest BCUT2D eigenvalue weighted by molar-refractivity contribution is 7.89. The summed E-state index contributed by atoms with van der Waals surface area (Å²) in [6, 6.07) is 13.5. The van der Waals surface area contributed by atoms with Crippen molar-refractivity contribution in [3.05, 3.63) is 77.6 Å². The number of halogens is 3. The van der Waals surface area contributed by atoms with Crippen LogP contribution in [-0.2, 0) is 10.0 Å². The summed E-state index contributed by atoms with van der Waals surface area (Å²) in [5.74, 6) is -5.00. The highest BCUT2D eigenvalue weighted by Crippen LogP contribution is 2.24. The molecule has 0 aliphatic carbocycles. The molecule has 3 aromatic rings. The number of hydrogen-bond acceptors (Lipinski definition) is 2. The number of benzene rings is 3. The third kappa shape index (κ3) is 3.38. The van der Waals surface area contributed by atoms with Crippen molar-refractivity contribution in [1.82, 2.24) is 4.72 Å². The van der Waals surface area contributed by atoms with Gasteiger partial charge in [-0.25, -0.2) is 26.3 Å². The van der Waals surface area contributed by atoms with Gasteiger partial charge in [-0.1, -0.05) is 36.4 Å². The normalized spacial score (nSPS) is 13.1. The summed E-state index contributed by atoms with van der Waals surface area (Å²) in [6.07, 6.45) is 0. The average Bonchev–Trinajstić information content (AvgIpc) is 2.58. The Morgan fingerprint density at radius 3 is 2.28 bits per heavy atom. The third-order valence-electron chi connectivity index (χ3n) is 3.89. The van der Waals surface area contributed by atoms with E-state index in [4.69, 9.17) is 0 Å². The Labute approximate surface area is 143 Å². The topological polar surface area (TPSA) is 46.2 Å². The summed E-state index contributed by atoms with van der Waals surface area (Å²) >= 11 is 0. The fourth-order valence-electron chi connectivity index (χ4n) is 2.56. The van der Waals surface area contributed by atoms with Crippen molar-refractivity contribution in [1.29, 1.82) is 0 Å². The maximum absolute atomic E-state index is 13.8. The second-order valence-corrected chi connectivity index (χ2v) is 7.31. The second kappa shape index (κ2) is 6.50. The number of sulfonamides is 1. The number of hydrogen-bond donors (Lipinski definition) is 1. The summed E-state index contributed by atoms with van der Waals surface area (Å²) < 4.78 is 67.0. The van der Waals surface area contributed by atoms with Crippen LogP contribution in [0, 0.1) is 17.5 Å². The molecule has 0 fully saturated rings. The van der Waals surface area contributed by atoms with Crippen molar-refractivity contribution in [3.8, 4) is 0 Å². The Morgan fingerprint density at radius 2 is 1.56 bits per heavy atom. The molecule has 3 aromatic carbocycles. The minimum absolute atomic E-state index is 0.577. The minimum atomic E-state index is -4.36. The van der Waals surface area contributed by atoms with Gasteiger partial charge in [-0.15, -0.1) is 0 Å². The van der Waals surface area contributed by atoms with Gasteiger partial charge in [-0.05, 0) is 41.5 Å². The molecule has 130 valence electrons. The van der Waals surface area contributed by atoms with E-state index in [0.29, 0.717) is 17.7 Å². The molecule has 0 spiro atoms. The molecule has 0 saturated carbocycles. The first-order chi connectivity index (χ1) is 11.8. The lowest BCUT2D eigenvalue weighted by atomic mass is 10.0. The maximum Gasteiger partial charge on any atom is 0.244 e. The van der Waals surface area contributed by atoms with E-state index in [1.807, 2.05) is 36.4 Å². The first kappa shape index (κ1) is 17.4. The summed E-state index contributed by atoms with van der Waals surface area (Å²) in [4.78, 5) is -0.931. The molecule has 25 heavy (non-hydrogen) atoms. The summed E-state index contributed by atoms with van der Waals surface area (Å²) in [7, 11) is -4.36. The number of nitrogens with one attached hydrogen (secondary N) is 1. The maximum atomic E-state index is 13.8. The molecule has 0 aliphatic heterocycles. The van der Waals surface area contributed by atoms with Gasteiger partial charge in [0, 0.05) is 6.04 Å². The van der Waals surface area contributed by atoms with Crippen molar-refractivity contribution in [2.24, 2.45) is 0 Å². The summed E-state index contributed by atoms with van der Waals surface area (Å²) in [5, 5.41) is 1.91. The highest BCUT2D eigenvalue weighted by Gasteiger charge is 2.25. The van der Waals surface area contributed by atoms with Crippen molar-refractivity contribution in [2.45, 2.75) is 17.9 Å². The van der Waals surface area contributed by atoms with Gasteiger partial charge in [0.1, 0.15) is 4.90 Å². The zero-order chi connectivity index (χ0) is 18.2. The van der Waals surface area contributed by atoms with Gasteiger partial charge in [0.25, 0.3) is 0 Å². The molecule has 0 unspecified atom stereocenters. The van der Waals surface area contributed by atoms with E-state index >= 15 is 0 Å².